The molecule has 1 amide bonds. The van der Waals surface area contributed by atoms with Crippen LogP contribution in [0.3, 0.4) is 0 Å². The molecule has 0 bridgehead atoms. The molecular formula is C22H21N3O2. The maximum Gasteiger partial charge on any atom is 0.256 e. The van der Waals surface area contributed by atoms with E-state index in [0.29, 0.717) is 5.56 Å². The number of nitrogens with one attached hydrogen (secondary N) is 1. The largest absolute Gasteiger partial charge is 0.497 e. The van der Waals surface area contributed by atoms with Gasteiger partial charge in [-0.3, -0.25) is 4.79 Å². The number of aromatic nitrogens is 2. The van der Waals surface area contributed by atoms with Gasteiger partial charge in [0.1, 0.15) is 12.1 Å². The molecule has 0 fully saturated rings. The SMILES string of the molecule is COc1ccc(NC(=O)c2ccccc2-c2ncnc3c2CCCC3)cc1. The summed E-state index contributed by atoms with van der Waals surface area (Å²) in [6.45, 7) is 0. The Balaban J connectivity index is 1.68. The van der Waals surface area contributed by atoms with E-state index >= 15 is 0 Å². The van der Waals surface area contributed by atoms with Crippen molar-refractivity contribution in [3.05, 3.63) is 71.7 Å². The highest BCUT2D eigenvalue weighted by Gasteiger charge is 2.20. The number of nitrogens with zero attached hydrogens (tertiary/aromatic N) is 2. The summed E-state index contributed by atoms with van der Waals surface area (Å²) in [4.78, 5) is 21.9. The number of carbonyl (C=O) groups is 1. The fourth-order valence-electron chi connectivity index (χ4n) is 3.51. The summed E-state index contributed by atoms with van der Waals surface area (Å²) in [5.41, 5.74) is 5.34. The average molecular weight is 359 g/mol. The molecule has 5 heteroatoms. The van der Waals surface area contributed by atoms with E-state index in [-0.39, 0.29) is 5.91 Å². The van der Waals surface area contributed by atoms with E-state index in [0.717, 1.165) is 54.1 Å². The second-order valence-electron chi connectivity index (χ2n) is 6.58. The van der Waals surface area contributed by atoms with Gasteiger partial charge in [0.05, 0.1) is 12.8 Å². The molecule has 0 saturated carbocycles. The van der Waals surface area contributed by atoms with Gasteiger partial charge < -0.3 is 10.1 Å². The third kappa shape index (κ3) is 3.53. The molecule has 1 N–H and O–H groups in total. The van der Waals surface area contributed by atoms with E-state index in [1.807, 2.05) is 48.5 Å². The number of methoxy groups -OCH3 is 1. The molecule has 1 aromatic heterocycles. The van der Waals surface area contributed by atoms with Crippen LogP contribution < -0.4 is 10.1 Å². The van der Waals surface area contributed by atoms with E-state index in [1.54, 1.807) is 13.4 Å². The first-order valence-corrected chi connectivity index (χ1v) is 9.14. The molecule has 0 unspecified atom stereocenters. The second-order valence-corrected chi connectivity index (χ2v) is 6.58. The lowest BCUT2D eigenvalue weighted by Gasteiger charge is -2.18. The van der Waals surface area contributed by atoms with Crippen molar-refractivity contribution < 1.29 is 9.53 Å². The lowest BCUT2D eigenvalue weighted by atomic mass is 9.91. The van der Waals surface area contributed by atoms with Crippen LogP contribution in [0.25, 0.3) is 11.3 Å². The molecule has 5 nitrogen and oxygen atoms in total. The Labute approximate surface area is 158 Å². The number of anilines is 1. The number of rotatable bonds is 4. The Morgan fingerprint density at radius 3 is 2.59 bits per heavy atom. The zero-order chi connectivity index (χ0) is 18.6. The molecule has 2 aromatic carbocycles. The van der Waals surface area contributed by atoms with Gasteiger partial charge in [-0.1, -0.05) is 18.2 Å². The summed E-state index contributed by atoms with van der Waals surface area (Å²) < 4.78 is 5.16. The van der Waals surface area contributed by atoms with Crippen molar-refractivity contribution in [2.24, 2.45) is 0 Å². The second kappa shape index (κ2) is 7.58. The maximum absolute atomic E-state index is 12.9. The normalized spacial score (nSPS) is 12.9. The predicted octanol–water partition coefficient (Wildman–Crippen LogP) is 4.28. The highest BCUT2D eigenvalue weighted by Crippen LogP contribution is 2.31. The number of carbonyl (C=O) groups excluding carboxylic acids is 1. The molecule has 1 heterocycles. The first-order valence-electron chi connectivity index (χ1n) is 9.14. The molecule has 0 aliphatic heterocycles. The molecule has 27 heavy (non-hydrogen) atoms. The van der Waals surface area contributed by atoms with Gasteiger partial charge in [0.15, 0.2) is 0 Å². The first-order chi connectivity index (χ1) is 13.3. The van der Waals surface area contributed by atoms with Crippen LogP contribution in [-0.4, -0.2) is 23.0 Å². The van der Waals surface area contributed by atoms with E-state index in [1.165, 1.54) is 5.56 Å². The average Bonchev–Trinajstić information content (AvgIpc) is 2.74. The number of aryl methyl sites for hydroxylation is 1. The monoisotopic (exact) mass is 359 g/mol. The van der Waals surface area contributed by atoms with Crippen LogP contribution in [0.15, 0.2) is 54.9 Å². The van der Waals surface area contributed by atoms with Crippen molar-refractivity contribution >= 4 is 11.6 Å². The smallest absolute Gasteiger partial charge is 0.256 e. The van der Waals surface area contributed by atoms with Crippen LogP contribution in [0.2, 0.25) is 0 Å². The Morgan fingerprint density at radius 2 is 1.78 bits per heavy atom. The standard InChI is InChI=1S/C22H21N3O2/c1-27-16-12-10-15(11-13-16)25-22(26)18-7-3-2-6-17(18)21-19-8-4-5-9-20(19)23-14-24-21/h2-3,6-7,10-14H,4-5,8-9H2,1H3,(H,25,26). The molecule has 3 aromatic rings. The van der Waals surface area contributed by atoms with Gasteiger partial charge in [0, 0.05) is 28.1 Å². The van der Waals surface area contributed by atoms with E-state index < -0.39 is 0 Å². The van der Waals surface area contributed by atoms with Crippen LogP contribution in [-0.2, 0) is 12.8 Å². The molecule has 0 spiro atoms. The number of benzene rings is 2. The van der Waals surface area contributed by atoms with E-state index in [2.05, 4.69) is 15.3 Å². The Kier molecular flexibility index (Phi) is 4.83. The fourth-order valence-corrected chi connectivity index (χ4v) is 3.51. The van der Waals surface area contributed by atoms with E-state index in [9.17, 15) is 4.79 Å². The maximum atomic E-state index is 12.9. The third-order valence-electron chi connectivity index (χ3n) is 4.90. The van der Waals surface area contributed by atoms with Gasteiger partial charge in [-0.2, -0.15) is 0 Å². The zero-order valence-electron chi connectivity index (χ0n) is 15.2. The first kappa shape index (κ1) is 17.2. The lowest BCUT2D eigenvalue weighted by molar-refractivity contribution is 0.102. The molecule has 4 rings (SSSR count). The van der Waals surface area contributed by atoms with Gasteiger partial charge in [-0.05, 0) is 56.0 Å². The van der Waals surface area contributed by atoms with Crippen molar-refractivity contribution in [3.63, 3.8) is 0 Å². The summed E-state index contributed by atoms with van der Waals surface area (Å²) in [5, 5.41) is 2.96. The van der Waals surface area contributed by atoms with Gasteiger partial charge in [-0.15, -0.1) is 0 Å². The Morgan fingerprint density at radius 1 is 1.00 bits per heavy atom. The molecule has 0 radical (unpaired) electrons. The van der Waals surface area contributed by atoms with Crippen LogP contribution in [0, 0.1) is 0 Å². The van der Waals surface area contributed by atoms with Gasteiger partial charge in [0.2, 0.25) is 0 Å². The summed E-state index contributed by atoms with van der Waals surface area (Å²) in [7, 11) is 1.62. The highest BCUT2D eigenvalue weighted by atomic mass is 16.5. The third-order valence-corrected chi connectivity index (χ3v) is 4.90. The summed E-state index contributed by atoms with van der Waals surface area (Å²) in [5.74, 6) is 0.597. The van der Waals surface area contributed by atoms with Gasteiger partial charge >= 0.3 is 0 Å². The minimum Gasteiger partial charge on any atom is -0.497 e. The minimum absolute atomic E-state index is 0.154. The van der Waals surface area contributed by atoms with Crippen LogP contribution in [0.1, 0.15) is 34.5 Å². The molecule has 136 valence electrons. The summed E-state index contributed by atoms with van der Waals surface area (Å²) >= 11 is 0. The van der Waals surface area contributed by atoms with Crippen molar-refractivity contribution in [2.45, 2.75) is 25.7 Å². The quantitative estimate of drug-likeness (QED) is 0.755. The number of hydrogen-bond donors (Lipinski definition) is 1. The minimum atomic E-state index is -0.154. The van der Waals surface area contributed by atoms with Gasteiger partial charge in [0.25, 0.3) is 5.91 Å². The van der Waals surface area contributed by atoms with Crippen molar-refractivity contribution in [3.8, 4) is 17.0 Å². The lowest BCUT2D eigenvalue weighted by Crippen LogP contribution is -2.15. The number of amides is 1. The number of hydrogen-bond acceptors (Lipinski definition) is 4. The molecule has 1 aliphatic carbocycles. The van der Waals surface area contributed by atoms with Crippen molar-refractivity contribution in [1.82, 2.24) is 9.97 Å². The van der Waals surface area contributed by atoms with Crippen molar-refractivity contribution in [1.29, 1.82) is 0 Å². The number of fused-ring (bicyclic) bond motifs is 1. The molecular weight excluding hydrogens is 338 g/mol. The molecule has 0 atom stereocenters. The Hall–Kier alpha value is -3.21. The van der Waals surface area contributed by atoms with Crippen LogP contribution in [0.5, 0.6) is 5.75 Å². The summed E-state index contributed by atoms with van der Waals surface area (Å²) in [6, 6.07) is 14.9. The highest BCUT2D eigenvalue weighted by molar-refractivity contribution is 6.08. The van der Waals surface area contributed by atoms with Gasteiger partial charge in [-0.25, -0.2) is 9.97 Å². The summed E-state index contributed by atoms with van der Waals surface area (Å²) in [6.07, 6.45) is 5.83. The fraction of sp³-hybridized carbons (Fsp3) is 0.227. The number of ether oxygens (including phenoxy) is 1. The van der Waals surface area contributed by atoms with E-state index in [4.69, 9.17) is 4.74 Å². The predicted molar refractivity (Wildman–Crippen MR) is 105 cm³/mol. The molecule has 0 saturated heterocycles. The van der Waals surface area contributed by atoms with Crippen molar-refractivity contribution in [2.75, 3.05) is 12.4 Å². The van der Waals surface area contributed by atoms with Crippen LogP contribution >= 0.6 is 0 Å². The topological polar surface area (TPSA) is 64.1 Å². The zero-order valence-corrected chi connectivity index (χ0v) is 15.2. The molecule has 1 aliphatic rings. The Bertz CT molecular complexity index is 968. The van der Waals surface area contributed by atoms with Crippen LogP contribution in [0.4, 0.5) is 5.69 Å².